The maximum atomic E-state index is 10.3. The highest BCUT2D eigenvalue weighted by atomic mass is 32.1. The van der Waals surface area contributed by atoms with Gasteiger partial charge < -0.3 is 14.8 Å². The Hall–Kier alpha value is -1.36. The molecule has 3 nitrogen and oxygen atoms in total. The Labute approximate surface area is 111 Å². The Bertz CT molecular complexity index is 472. The van der Waals surface area contributed by atoms with Crippen molar-refractivity contribution in [2.24, 2.45) is 0 Å². The van der Waals surface area contributed by atoms with Crippen LogP contribution < -0.4 is 5.32 Å². The monoisotopic (exact) mass is 263 g/mol. The van der Waals surface area contributed by atoms with Gasteiger partial charge in [0, 0.05) is 18.0 Å². The summed E-state index contributed by atoms with van der Waals surface area (Å²) in [5.74, 6) is 0.835. The van der Waals surface area contributed by atoms with Gasteiger partial charge in [-0.3, -0.25) is 0 Å². The van der Waals surface area contributed by atoms with Gasteiger partial charge in [-0.1, -0.05) is 12.1 Å². The Kier molecular flexibility index (Phi) is 4.36. The highest BCUT2D eigenvalue weighted by molar-refractivity contribution is 7.10. The van der Waals surface area contributed by atoms with Crippen LogP contribution in [0.15, 0.2) is 46.4 Å². The molecule has 96 valence electrons. The Morgan fingerprint density at radius 1 is 1.44 bits per heavy atom. The van der Waals surface area contributed by atoms with Crippen molar-refractivity contribution < 1.29 is 9.52 Å². The van der Waals surface area contributed by atoms with E-state index in [9.17, 15) is 5.11 Å². The second-order valence-electron chi connectivity index (χ2n) is 4.30. The average molecular weight is 263 g/mol. The SMILES string of the molecule is CC(O)(CNC/C=C/c1ccco1)c1cccs1. The topological polar surface area (TPSA) is 45.4 Å². The van der Waals surface area contributed by atoms with E-state index in [1.165, 1.54) is 0 Å². The van der Waals surface area contributed by atoms with Gasteiger partial charge in [0.15, 0.2) is 0 Å². The van der Waals surface area contributed by atoms with Gasteiger partial charge in [-0.15, -0.1) is 11.3 Å². The smallest absolute Gasteiger partial charge is 0.126 e. The van der Waals surface area contributed by atoms with E-state index in [0.29, 0.717) is 13.1 Å². The number of rotatable bonds is 6. The number of aliphatic hydroxyl groups is 1. The summed E-state index contributed by atoms with van der Waals surface area (Å²) in [6.07, 6.45) is 5.53. The molecule has 0 bridgehead atoms. The van der Waals surface area contributed by atoms with Gasteiger partial charge in [-0.2, -0.15) is 0 Å². The Morgan fingerprint density at radius 2 is 2.33 bits per heavy atom. The number of furan rings is 1. The zero-order chi connectivity index (χ0) is 12.8. The van der Waals surface area contributed by atoms with Crippen molar-refractivity contribution >= 4 is 17.4 Å². The summed E-state index contributed by atoms with van der Waals surface area (Å²) >= 11 is 1.57. The minimum absolute atomic E-state index is 0.524. The predicted octanol–water partition coefficient (Wildman–Crippen LogP) is 2.85. The van der Waals surface area contributed by atoms with Crippen molar-refractivity contribution in [1.82, 2.24) is 5.32 Å². The van der Waals surface area contributed by atoms with Gasteiger partial charge in [0.1, 0.15) is 11.4 Å². The van der Waals surface area contributed by atoms with E-state index in [2.05, 4.69) is 5.32 Å². The molecule has 0 saturated heterocycles. The first-order valence-electron chi connectivity index (χ1n) is 5.85. The molecular formula is C14H17NO2S. The van der Waals surface area contributed by atoms with Crippen LogP contribution in [0.25, 0.3) is 6.08 Å². The lowest BCUT2D eigenvalue weighted by Gasteiger charge is -2.21. The van der Waals surface area contributed by atoms with Crippen molar-refractivity contribution in [3.8, 4) is 0 Å². The van der Waals surface area contributed by atoms with Gasteiger partial charge in [0.2, 0.25) is 0 Å². The van der Waals surface area contributed by atoms with E-state index >= 15 is 0 Å². The Morgan fingerprint density at radius 3 is 3.00 bits per heavy atom. The number of hydrogen-bond acceptors (Lipinski definition) is 4. The summed E-state index contributed by atoms with van der Waals surface area (Å²) in [5, 5.41) is 15.4. The molecule has 2 aromatic heterocycles. The molecule has 0 fully saturated rings. The molecule has 0 spiro atoms. The standard InChI is InChI=1S/C14H17NO2S/c1-14(16,13-7-4-10-18-13)11-15-8-2-5-12-6-3-9-17-12/h2-7,9-10,15-16H,8,11H2,1H3/b5-2+. The molecule has 2 heterocycles. The third-order valence-electron chi connectivity index (χ3n) is 2.61. The van der Waals surface area contributed by atoms with Crippen molar-refractivity contribution in [1.29, 1.82) is 0 Å². The zero-order valence-electron chi connectivity index (χ0n) is 10.3. The third-order valence-corrected chi connectivity index (χ3v) is 3.73. The summed E-state index contributed by atoms with van der Waals surface area (Å²) < 4.78 is 5.18. The summed E-state index contributed by atoms with van der Waals surface area (Å²) in [6.45, 7) is 3.04. The van der Waals surface area contributed by atoms with Crippen LogP contribution in [0, 0.1) is 0 Å². The molecule has 2 N–H and O–H groups in total. The van der Waals surface area contributed by atoms with Gasteiger partial charge in [0.25, 0.3) is 0 Å². The first-order valence-corrected chi connectivity index (χ1v) is 6.73. The molecule has 0 saturated carbocycles. The summed E-state index contributed by atoms with van der Waals surface area (Å²) in [4.78, 5) is 0.977. The van der Waals surface area contributed by atoms with Crippen LogP contribution in [0.5, 0.6) is 0 Å². The lowest BCUT2D eigenvalue weighted by atomic mass is 10.1. The number of thiophene rings is 1. The second kappa shape index (κ2) is 6.00. The highest BCUT2D eigenvalue weighted by Gasteiger charge is 2.22. The Balaban J connectivity index is 1.75. The van der Waals surface area contributed by atoms with Gasteiger partial charge in [-0.05, 0) is 36.6 Å². The third kappa shape index (κ3) is 3.57. The fourth-order valence-corrected chi connectivity index (χ4v) is 2.42. The maximum absolute atomic E-state index is 10.3. The first kappa shape index (κ1) is 13.1. The molecule has 2 rings (SSSR count). The van der Waals surface area contributed by atoms with E-state index in [1.54, 1.807) is 17.6 Å². The number of hydrogen-bond donors (Lipinski definition) is 2. The lowest BCUT2D eigenvalue weighted by Crippen LogP contribution is -2.34. The molecular weight excluding hydrogens is 246 g/mol. The second-order valence-corrected chi connectivity index (χ2v) is 5.25. The highest BCUT2D eigenvalue weighted by Crippen LogP contribution is 2.24. The van der Waals surface area contributed by atoms with E-state index in [1.807, 2.05) is 48.7 Å². The van der Waals surface area contributed by atoms with Crippen LogP contribution in [0.3, 0.4) is 0 Å². The van der Waals surface area contributed by atoms with Crippen molar-refractivity contribution in [3.63, 3.8) is 0 Å². The molecule has 18 heavy (non-hydrogen) atoms. The molecule has 2 aromatic rings. The molecule has 0 radical (unpaired) electrons. The molecule has 1 unspecified atom stereocenters. The normalized spacial score (nSPS) is 15.0. The summed E-state index contributed by atoms with van der Waals surface area (Å²) in [7, 11) is 0. The van der Waals surface area contributed by atoms with Crippen LogP contribution in [-0.2, 0) is 5.60 Å². The van der Waals surface area contributed by atoms with E-state index in [-0.39, 0.29) is 0 Å². The van der Waals surface area contributed by atoms with Crippen LogP contribution in [-0.4, -0.2) is 18.2 Å². The van der Waals surface area contributed by atoms with Gasteiger partial charge in [-0.25, -0.2) is 0 Å². The van der Waals surface area contributed by atoms with Crippen LogP contribution in [0.4, 0.5) is 0 Å². The van der Waals surface area contributed by atoms with E-state index < -0.39 is 5.60 Å². The van der Waals surface area contributed by atoms with Crippen LogP contribution >= 0.6 is 11.3 Å². The minimum Gasteiger partial charge on any atom is -0.465 e. The minimum atomic E-state index is -0.813. The van der Waals surface area contributed by atoms with Crippen molar-refractivity contribution in [2.75, 3.05) is 13.1 Å². The quantitative estimate of drug-likeness (QED) is 0.788. The van der Waals surface area contributed by atoms with Gasteiger partial charge in [0.05, 0.1) is 6.26 Å². The number of nitrogens with one attached hydrogen (secondary N) is 1. The van der Waals surface area contributed by atoms with Gasteiger partial charge >= 0.3 is 0 Å². The maximum Gasteiger partial charge on any atom is 0.126 e. The van der Waals surface area contributed by atoms with E-state index in [4.69, 9.17) is 4.42 Å². The lowest BCUT2D eigenvalue weighted by molar-refractivity contribution is 0.0619. The molecule has 1 atom stereocenters. The summed E-state index contributed by atoms with van der Waals surface area (Å²) in [6, 6.07) is 7.66. The predicted molar refractivity (Wildman–Crippen MR) is 74.5 cm³/mol. The average Bonchev–Trinajstić information content (AvgIpc) is 3.02. The molecule has 0 aliphatic carbocycles. The molecule has 0 amide bonds. The van der Waals surface area contributed by atoms with Crippen LogP contribution in [0.2, 0.25) is 0 Å². The van der Waals surface area contributed by atoms with Crippen molar-refractivity contribution in [3.05, 3.63) is 52.6 Å². The largest absolute Gasteiger partial charge is 0.465 e. The molecule has 4 heteroatoms. The zero-order valence-corrected chi connectivity index (χ0v) is 11.1. The molecule has 0 aromatic carbocycles. The summed E-state index contributed by atoms with van der Waals surface area (Å²) in [5.41, 5.74) is -0.813. The first-order chi connectivity index (χ1) is 8.68. The fraction of sp³-hybridized carbons (Fsp3) is 0.286. The van der Waals surface area contributed by atoms with E-state index in [0.717, 1.165) is 10.6 Å². The fourth-order valence-electron chi connectivity index (χ4n) is 1.63. The van der Waals surface area contributed by atoms with Crippen molar-refractivity contribution in [2.45, 2.75) is 12.5 Å². The molecule has 0 aliphatic heterocycles. The molecule has 0 aliphatic rings. The van der Waals surface area contributed by atoms with Crippen LogP contribution in [0.1, 0.15) is 17.6 Å².